The molecule has 140 valence electrons. The Morgan fingerprint density at radius 2 is 2.00 bits per heavy atom. The normalized spacial score (nSPS) is 17.4. The summed E-state index contributed by atoms with van der Waals surface area (Å²) in [5.41, 5.74) is 3.13. The van der Waals surface area contributed by atoms with Gasteiger partial charge in [-0.2, -0.15) is 0 Å². The van der Waals surface area contributed by atoms with E-state index in [0.29, 0.717) is 18.9 Å². The molecule has 1 aromatic heterocycles. The number of carbonyl (C=O) groups is 1. The number of para-hydroxylation sites is 2. The highest BCUT2D eigenvalue weighted by Gasteiger charge is 2.34. The molecule has 1 fully saturated rings. The zero-order chi connectivity index (χ0) is 19.0. The molecule has 0 spiro atoms. The number of nitrogens with zero attached hydrogens (tertiary/aromatic N) is 3. The third-order valence-electron chi connectivity index (χ3n) is 5.22. The maximum atomic E-state index is 12.7. The topological polar surface area (TPSA) is 38.1 Å². The molecule has 2 aromatic carbocycles. The van der Waals surface area contributed by atoms with Crippen LogP contribution in [0.1, 0.15) is 38.4 Å². The van der Waals surface area contributed by atoms with E-state index in [-0.39, 0.29) is 11.8 Å². The van der Waals surface area contributed by atoms with Crippen LogP contribution in [-0.2, 0) is 11.3 Å². The smallest absolute Gasteiger partial charge is 0.227 e. The second kappa shape index (κ2) is 7.47. The van der Waals surface area contributed by atoms with Crippen molar-refractivity contribution < 1.29 is 4.79 Å². The molecule has 3 aromatic rings. The van der Waals surface area contributed by atoms with Crippen LogP contribution in [0, 0.1) is 5.92 Å². The Hall–Kier alpha value is -2.14. The van der Waals surface area contributed by atoms with Gasteiger partial charge in [-0.05, 0) is 42.7 Å². The van der Waals surface area contributed by atoms with E-state index in [4.69, 9.17) is 4.98 Å². The van der Waals surface area contributed by atoms with Crippen molar-refractivity contribution in [2.75, 3.05) is 11.4 Å². The van der Waals surface area contributed by atoms with Crippen LogP contribution in [0.25, 0.3) is 11.0 Å². The highest BCUT2D eigenvalue weighted by Crippen LogP contribution is 2.34. The standard InChI is InChI=1S/C22H24BrN3O/c1-15(2)10-11-25-20-9-4-3-8-19(20)24-22(25)16-12-21(27)26(14-16)18-7-5-6-17(23)13-18/h3-9,13,15-16H,10-12,14H2,1-2H3. The first kappa shape index (κ1) is 18.2. The lowest BCUT2D eigenvalue weighted by Crippen LogP contribution is -2.24. The summed E-state index contributed by atoms with van der Waals surface area (Å²) in [5.74, 6) is 1.96. The second-order valence-corrected chi connectivity index (χ2v) is 8.59. The van der Waals surface area contributed by atoms with E-state index in [0.717, 1.165) is 34.5 Å². The second-order valence-electron chi connectivity index (χ2n) is 7.68. The molecule has 0 saturated carbocycles. The molecule has 0 bridgehead atoms. The molecule has 1 aliphatic rings. The number of anilines is 1. The number of hydrogen-bond donors (Lipinski definition) is 0. The Morgan fingerprint density at radius 3 is 2.78 bits per heavy atom. The molecular weight excluding hydrogens is 402 g/mol. The van der Waals surface area contributed by atoms with Gasteiger partial charge in [0.2, 0.25) is 5.91 Å². The Bertz CT molecular complexity index is 979. The lowest BCUT2D eigenvalue weighted by molar-refractivity contribution is -0.117. The third-order valence-corrected chi connectivity index (χ3v) is 5.72. The van der Waals surface area contributed by atoms with Gasteiger partial charge in [0.15, 0.2) is 0 Å². The number of fused-ring (bicyclic) bond motifs is 1. The van der Waals surface area contributed by atoms with E-state index in [2.05, 4.69) is 52.5 Å². The first-order chi connectivity index (χ1) is 13.0. The van der Waals surface area contributed by atoms with E-state index < -0.39 is 0 Å². The van der Waals surface area contributed by atoms with Gasteiger partial charge in [0.05, 0.1) is 11.0 Å². The van der Waals surface area contributed by atoms with Gasteiger partial charge in [-0.1, -0.05) is 48.0 Å². The zero-order valence-corrected chi connectivity index (χ0v) is 17.3. The fourth-order valence-corrected chi connectivity index (χ4v) is 4.19. The summed E-state index contributed by atoms with van der Waals surface area (Å²) in [4.78, 5) is 19.6. The molecule has 1 saturated heterocycles. The molecule has 5 heteroatoms. The van der Waals surface area contributed by atoms with E-state index in [1.165, 1.54) is 5.52 Å². The Balaban J connectivity index is 1.68. The van der Waals surface area contributed by atoms with Gasteiger partial charge >= 0.3 is 0 Å². The molecule has 4 nitrogen and oxygen atoms in total. The van der Waals surface area contributed by atoms with Crippen molar-refractivity contribution in [1.82, 2.24) is 9.55 Å². The summed E-state index contributed by atoms with van der Waals surface area (Å²) in [6.45, 7) is 6.11. The predicted octanol–water partition coefficient (Wildman–Crippen LogP) is 5.37. The SMILES string of the molecule is CC(C)CCn1c(C2CC(=O)N(c3cccc(Br)c3)C2)nc2ccccc21. The van der Waals surface area contributed by atoms with Crippen LogP contribution in [-0.4, -0.2) is 22.0 Å². The minimum absolute atomic E-state index is 0.121. The highest BCUT2D eigenvalue weighted by atomic mass is 79.9. The summed E-state index contributed by atoms with van der Waals surface area (Å²) in [7, 11) is 0. The van der Waals surface area contributed by atoms with Crippen molar-refractivity contribution >= 4 is 38.6 Å². The lowest BCUT2D eigenvalue weighted by Gasteiger charge is -2.18. The van der Waals surface area contributed by atoms with Gasteiger partial charge in [-0.3, -0.25) is 4.79 Å². The number of hydrogen-bond acceptors (Lipinski definition) is 2. The van der Waals surface area contributed by atoms with E-state index in [9.17, 15) is 4.79 Å². The van der Waals surface area contributed by atoms with Gasteiger partial charge in [-0.25, -0.2) is 4.98 Å². The molecular formula is C22H24BrN3O. The number of amides is 1. The van der Waals surface area contributed by atoms with Crippen LogP contribution in [0.4, 0.5) is 5.69 Å². The van der Waals surface area contributed by atoms with Gasteiger partial charge in [-0.15, -0.1) is 0 Å². The van der Waals surface area contributed by atoms with Crippen LogP contribution in [0.2, 0.25) is 0 Å². The highest BCUT2D eigenvalue weighted by molar-refractivity contribution is 9.10. The van der Waals surface area contributed by atoms with E-state index in [1.807, 2.05) is 35.2 Å². The summed E-state index contributed by atoms with van der Waals surface area (Å²) in [5, 5.41) is 0. The Labute approximate surface area is 168 Å². The monoisotopic (exact) mass is 425 g/mol. The largest absolute Gasteiger partial charge is 0.328 e. The van der Waals surface area contributed by atoms with Crippen LogP contribution in [0.5, 0.6) is 0 Å². The molecule has 1 aliphatic heterocycles. The number of halogens is 1. The van der Waals surface area contributed by atoms with Crippen molar-refractivity contribution in [3.63, 3.8) is 0 Å². The molecule has 0 N–H and O–H groups in total. The molecule has 4 rings (SSSR count). The van der Waals surface area contributed by atoms with Crippen LogP contribution >= 0.6 is 15.9 Å². The number of benzene rings is 2. The average molecular weight is 426 g/mol. The average Bonchev–Trinajstić information content (AvgIpc) is 3.20. The first-order valence-electron chi connectivity index (χ1n) is 9.54. The first-order valence-corrected chi connectivity index (χ1v) is 10.3. The molecule has 1 unspecified atom stereocenters. The summed E-state index contributed by atoms with van der Waals surface area (Å²) in [6, 6.07) is 16.2. The van der Waals surface area contributed by atoms with Crippen molar-refractivity contribution in [2.24, 2.45) is 5.92 Å². The molecule has 2 heterocycles. The van der Waals surface area contributed by atoms with Gasteiger partial charge < -0.3 is 9.47 Å². The van der Waals surface area contributed by atoms with Crippen LogP contribution < -0.4 is 4.90 Å². The summed E-state index contributed by atoms with van der Waals surface area (Å²) >= 11 is 3.50. The van der Waals surface area contributed by atoms with Gasteiger partial charge in [0.1, 0.15) is 5.82 Å². The number of rotatable bonds is 5. The molecule has 1 amide bonds. The van der Waals surface area contributed by atoms with E-state index >= 15 is 0 Å². The molecule has 0 radical (unpaired) electrons. The van der Waals surface area contributed by atoms with Crippen molar-refractivity contribution in [2.45, 2.75) is 39.2 Å². The Morgan fingerprint density at radius 1 is 1.19 bits per heavy atom. The van der Waals surface area contributed by atoms with Crippen LogP contribution in [0.15, 0.2) is 53.0 Å². The van der Waals surface area contributed by atoms with Crippen molar-refractivity contribution in [3.05, 3.63) is 58.8 Å². The predicted molar refractivity (Wildman–Crippen MR) is 113 cm³/mol. The minimum atomic E-state index is 0.121. The lowest BCUT2D eigenvalue weighted by atomic mass is 10.1. The number of aryl methyl sites for hydroxylation is 1. The van der Waals surface area contributed by atoms with Gasteiger partial charge in [0, 0.05) is 35.6 Å². The third kappa shape index (κ3) is 3.65. The Kier molecular flexibility index (Phi) is 5.04. The van der Waals surface area contributed by atoms with E-state index in [1.54, 1.807) is 0 Å². The molecule has 1 atom stereocenters. The molecule has 0 aliphatic carbocycles. The van der Waals surface area contributed by atoms with Crippen LogP contribution in [0.3, 0.4) is 0 Å². The maximum absolute atomic E-state index is 12.7. The number of imidazole rings is 1. The number of aromatic nitrogens is 2. The maximum Gasteiger partial charge on any atom is 0.227 e. The quantitative estimate of drug-likeness (QED) is 0.551. The minimum Gasteiger partial charge on any atom is -0.328 e. The number of carbonyl (C=O) groups excluding carboxylic acids is 1. The summed E-state index contributed by atoms with van der Waals surface area (Å²) < 4.78 is 3.32. The fraction of sp³-hybridized carbons (Fsp3) is 0.364. The summed E-state index contributed by atoms with van der Waals surface area (Å²) in [6.07, 6.45) is 1.61. The van der Waals surface area contributed by atoms with Crippen molar-refractivity contribution in [1.29, 1.82) is 0 Å². The van der Waals surface area contributed by atoms with Gasteiger partial charge in [0.25, 0.3) is 0 Å². The zero-order valence-electron chi connectivity index (χ0n) is 15.7. The molecule has 27 heavy (non-hydrogen) atoms. The van der Waals surface area contributed by atoms with Crippen molar-refractivity contribution in [3.8, 4) is 0 Å². The fourth-order valence-electron chi connectivity index (χ4n) is 3.80.